The molecule has 23 heavy (non-hydrogen) atoms. The van der Waals surface area contributed by atoms with Crippen LogP contribution in [0, 0.1) is 13.8 Å². The summed E-state index contributed by atoms with van der Waals surface area (Å²) in [6, 6.07) is 14.2. The fourth-order valence-electron chi connectivity index (χ4n) is 2.34. The highest BCUT2D eigenvalue weighted by Gasteiger charge is 2.12. The predicted molar refractivity (Wildman–Crippen MR) is 95.1 cm³/mol. The van der Waals surface area contributed by atoms with Gasteiger partial charge in [-0.3, -0.25) is 0 Å². The van der Waals surface area contributed by atoms with E-state index in [0.717, 1.165) is 33.7 Å². The van der Waals surface area contributed by atoms with E-state index in [1.165, 1.54) is 12.7 Å². The summed E-state index contributed by atoms with van der Waals surface area (Å²) in [5, 5.41) is 4.10. The summed E-state index contributed by atoms with van der Waals surface area (Å²) in [6.45, 7) is 10.5. The quantitative estimate of drug-likeness (QED) is 0.566. The van der Waals surface area contributed by atoms with E-state index in [1.54, 1.807) is 0 Å². The van der Waals surface area contributed by atoms with Crippen molar-refractivity contribution in [1.82, 2.24) is 0 Å². The molecule has 0 radical (unpaired) electrons. The smallest absolute Gasteiger partial charge is 0.122 e. The summed E-state index contributed by atoms with van der Waals surface area (Å²) in [5.74, 6) is 0.903. The highest BCUT2D eigenvalue weighted by Crippen LogP contribution is 2.22. The number of rotatable bonds is 6. The van der Waals surface area contributed by atoms with Crippen LogP contribution in [0.25, 0.3) is 0 Å². The van der Waals surface area contributed by atoms with Crippen LogP contribution < -0.4 is 4.74 Å². The van der Waals surface area contributed by atoms with Gasteiger partial charge in [-0.25, -0.2) is 0 Å². The maximum absolute atomic E-state index is 6.03. The molecule has 0 unspecified atom stereocenters. The third-order valence-corrected chi connectivity index (χ3v) is 3.59. The highest BCUT2D eigenvalue weighted by molar-refractivity contribution is 6.12. The van der Waals surface area contributed by atoms with Crippen molar-refractivity contribution in [2.75, 3.05) is 7.11 Å². The lowest BCUT2D eigenvalue weighted by Gasteiger charge is -2.14. The number of oxime groups is 1. The molecule has 0 saturated carbocycles. The Labute approximate surface area is 138 Å². The van der Waals surface area contributed by atoms with Crippen molar-refractivity contribution >= 4 is 5.71 Å². The fourth-order valence-corrected chi connectivity index (χ4v) is 2.34. The summed E-state index contributed by atoms with van der Waals surface area (Å²) < 4.78 is 6.03. The summed E-state index contributed by atoms with van der Waals surface area (Å²) in [6.07, 6.45) is 0. The molecule has 0 heterocycles. The molecule has 0 spiro atoms. The Kier molecular flexibility index (Phi) is 5.58. The predicted octanol–water partition coefficient (Wildman–Crippen LogP) is 4.81. The van der Waals surface area contributed by atoms with Gasteiger partial charge in [0.15, 0.2) is 0 Å². The van der Waals surface area contributed by atoms with Crippen molar-refractivity contribution in [3.05, 3.63) is 76.9 Å². The molecule has 2 aromatic carbocycles. The fraction of sp³-hybridized carbons (Fsp3) is 0.250. The molecular formula is C20H23NO2. The normalized spacial score (nSPS) is 11.2. The van der Waals surface area contributed by atoms with Gasteiger partial charge in [0.05, 0.1) is 0 Å². The molecule has 0 aliphatic carbocycles. The Hall–Kier alpha value is -2.55. The zero-order valence-electron chi connectivity index (χ0n) is 14.2. The Balaban J connectivity index is 2.29. The first-order valence-corrected chi connectivity index (χ1v) is 7.58. The van der Waals surface area contributed by atoms with Crippen LogP contribution in [0.5, 0.6) is 5.75 Å². The zero-order valence-corrected chi connectivity index (χ0v) is 14.2. The molecule has 2 aromatic rings. The molecule has 0 aromatic heterocycles. The second kappa shape index (κ2) is 7.63. The number of nitrogens with zero attached hydrogens (tertiary/aromatic N) is 1. The Morgan fingerprint density at radius 3 is 2.57 bits per heavy atom. The number of allylic oxidation sites excluding steroid dienone is 1. The van der Waals surface area contributed by atoms with Crippen molar-refractivity contribution in [3.8, 4) is 5.75 Å². The third kappa shape index (κ3) is 4.22. The summed E-state index contributed by atoms with van der Waals surface area (Å²) in [4.78, 5) is 4.96. The molecular weight excluding hydrogens is 286 g/mol. The zero-order chi connectivity index (χ0) is 16.8. The van der Waals surface area contributed by atoms with E-state index in [4.69, 9.17) is 9.57 Å². The van der Waals surface area contributed by atoms with E-state index in [1.807, 2.05) is 38.1 Å². The van der Waals surface area contributed by atoms with Gasteiger partial charge in [0.1, 0.15) is 25.2 Å². The molecule has 2 rings (SSSR count). The third-order valence-electron chi connectivity index (χ3n) is 3.59. The number of ether oxygens (including phenoxy) is 1. The summed E-state index contributed by atoms with van der Waals surface area (Å²) in [5.41, 5.74) is 5.93. The van der Waals surface area contributed by atoms with Crippen LogP contribution in [0.2, 0.25) is 0 Å². The van der Waals surface area contributed by atoms with Crippen LogP contribution in [0.1, 0.15) is 29.2 Å². The van der Waals surface area contributed by atoms with Gasteiger partial charge in [0.2, 0.25) is 0 Å². The Morgan fingerprint density at radius 2 is 1.87 bits per heavy atom. The lowest BCUT2D eigenvalue weighted by Crippen LogP contribution is -2.09. The molecule has 0 saturated heterocycles. The van der Waals surface area contributed by atoms with E-state index in [9.17, 15) is 0 Å². The summed E-state index contributed by atoms with van der Waals surface area (Å²) in [7, 11) is 1.54. The van der Waals surface area contributed by atoms with Gasteiger partial charge in [-0.1, -0.05) is 48.1 Å². The molecule has 0 fully saturated rings. The van der Waals surface area contributed by atoms with Gasteiger partial charge in [0, 0.05) is 5.56 Å². The second-order valence-corrected chi connectivity index (χ2v) is 5.62. The van der Waals surface area contributed by atoms with Crippen molar-refractivity contribution in [3.63, 3.8) is 0 Å². The van der Waals surface area contributed by atoms with Crippen molar-refractivity contribution in [2.45, 2.75) is 27.4 Å². The number of benzene rings is 2. The Morgan fingerprint density at radius 1 is 1.13 bits per heavy atom. The maximum Gasteiger partial charge on any atom is 0.122 e. The SMILES string of the molecule is C=C(C)/C(=N/OC)c1ccccc1COc1cc(C)ccc1C. The number of hydrogen-bond acceptors (Lipinski definition) is 3. The van der Waals surface area contributed by atoms with Gasteiger partial charge in [-0.2, -0.15) is 0 Å². The van der Waals surface area contributed by atoms with Gasteiger partial charge < -0.3 is 9.57 Å². The first kappa shape index (κ1) is 16.8. The molecule has 3 nitrogen and oxygen atoms in total. The lowest BCUT2D eigenvalue weighted by atomic mass is 9.99. The molecule has 0 bridgehead atoms. The van der Waals surface area contributed by atoms with Crippen molar-refractivity contribution < 1.29 is 9.57 Å². The minimum absolute atomic E-state index is 0.469. The minimum atomic E-state index is 0.469. The van der Waals surface area contributed by atoms with Gasteiger partial charge in [0.25, 0.3) is 0 Å². The number of aryl methyl sites for hydroxylation is 2. The molecule has 0 aliphatic rings. The average Bonchev–Trinajstić information content (AvgIpc) is 2.53. The minimum Gasteiger partial charge on any atom is -0.489 e. The first-order valence-electron chi connectivity index (χ1n) is 7.58. The van der Waals surface area contributed by atoms with Gasteiger partial charge in [-0.15, -0.1) is 0 Å². The molecule has 120 valence electrons. The monoisotopic (exact) mass is 309 g/mol. The molecule has 0 atom stereocenters. The lowest BCUT2D eigenvalue weighted by molar-refractivity contribution is 0.213. The number of hydrogen-bond donors (Lipinski definition) is 0. The van der Waals surface area contributed by atoms with Gasteiger partial charge in [-0.05, 0) is 49.1 Å². The van der Waals surface area contributed by atoms with Crippen LogP contribution in [0.15, 0.2) is 59.8 Å². The largest absolute Gasteiger partial charge is 0.489 e. The van der Waals surface area contributed by atoms with E-state index in [0.29, 0.717) is 6.61 Å². The first-order chi connectivity index (χ1) is 11.0. The van der Waals surface area contributed by atoms with Crippen LogP contribution in [-0.4, -0.2) is 12.8 Å². The van der Waals surface area contributed by atoms with E-state index in [2.05, 4.69) is 36.9 Å². The highest BCUT2D eigenvalue weighted by atomic mass is 16.6. The van der Waals surface area contributed by atoms with E-state index >= 15 is 0 Å². The second-order valence-electron chi connectivity index (χ2n) is 5.62. The van der Waals surface area contributed by atoms with Crippen molar-refractivity contribution in [2.24, 2.45) is 5.16 Å². The van der Waals surface area contributed by atoms with E-state index < -0.39 is 0 Å². The molecule has 0 aliphatic heterocycles. The average molecular weight is 309 g/mol. The molecule has 0 amide bonds. The standard InChI is InChI=1S/C20H23NO2/c1-14(2)20(21-22-5)18-9-7-6-8-17(18)13-23-19-12-15(3)10-11-16(19)4/h6-12H,1,13H2,2-5H3/b21-20-. The maximum atomic E-state index is 6.03. The van der Waals surface area contributed by atoms with Crippen LogP contribution in [-0.2, 0) is 11.4 Å². The van der Waals surface area contributed by atoms with Crippen molar-refractivity contribution in [1.29, 1.82) is 0 Å². The molecule has 3 heteroatoms. The van der Waals surface area contributed by atoms with Gasteiger partial charge >= 0.3 is 0 Å². The topological polar surface area (TPSA) is 30.8 Å². The van der Waals surface area contributed by atoms with Crippen LogP contribution in [0.4, 0.5) is 0 Å². The van der Waals surface area contributed by atoms with Crippen LogP contribution in [0.3, 0.4) is 0 Å². The summed E-state index contributed by atoms with van der Waals surface area (Å²) >= 11 is 0. The van der Waals surface area contributed by atoms with Crippen LogP contribution >= 0.6 is 0 Å². The molecule has 0 N–H and O–H groups in total. The Bertz CT molecular complexity index is 732. The van der Waals surface area contributed by atoms with E-state index in [-0.39, 0.29) is 0 Å².